The number of rotatable bonds is 4. The molecule has 0 aliphatic carbocycles. The number of nitrogens with two attached hydrogens (primary N) is 1. The SMILES string of the molecule is Cn1nc(C(F)(F)F)cc1C(=O)NCc1nc(C(N)=O)co1. The lowest BCUT2D eigenvalue weighted by Crippen LogP contribution is -2.25. The molecular weight excluding hydrogens is 307 g/mol. The summed E-state index contributed by atoms with van der Waals surface area (Å²) in [4.78, 5) is 26.3. The van der Waals surface area contributed by atoms with Gasteiger partial charge in [-0.25, -0.2) is 4.98 Å². The van der Waals surface area contributed by atoms with E-state index in [2.05, 4.69) is 15.4 Å². The van der Waals surface area contributed by atoms with E-state index < -0.39 is 23.7 Å². The minimum Gasteiger partial charge on any atom is -0.446 e. The topological polar surface area (TPSA) is 116 Å². The zero-order chi connectivity index (χ0) is 16.5. The van der Waals surface area contributed by atoms with Crippen LogP contribution in [0.5, 0.6) is 0 Å². The fourth-order valence-electron chi connectivity index (χ4n) is 1.57. The number of hydrogen-bond acceptors (Lipinski definition) is 5. The molecule has 0 saturated carbocycles. The van der Waals surface area contributed by atoms with Crippen molar-refractivity contribution in [2.45, 2.75) is 12.7 Å². The van der Waals surface area contributed by atoms with Crippen molar-refractivity contribution >= 4 is 11.8 Å². The largest absolute Gasteiger partial charge is 0.446 e. The Morgan fingerprint density at radius 3 is 2.64 bits per heavy atom. The summed E-state index contributed by atoms with van der Waals surface area (Å²) in [6.45, 7) is -0.224. The quantitative estimate of drug-likeness (QED) is 0.849. The molecule has 0 aromatic carbocycles. The molecule has 2 rings (SSSR count). The Balaban J connectivity index is 2.06. The summed E-state index contributed by atoms with van der Waals surface area (Å²) in [6.07, 6.45) is -3.63. The van der Waals surface area contributed by atoms with Gasteiger partial charge in [0, 0.05) is 13.1 Å². The Bertz CT molecular complexity index is 719. The molecule has 8 nitrogen and oxygen atoms in total. The third-order valence-corrected chi connectivity index (χ3v) is 2.61. The molecular formula is C11H10F3N5O3. The summed E-state index contributed by atoms with van der Waals surface area (Å²) in [5.74, 6) is -1.62. The summed E-state index contributed by atoms with van der Waals surface area (Å²) < 4.78 is 43.2. The molecule has 2 aromatic rings. The molecule has 2 amide bonds. The monoisotopic (exact) mass is 317 g/mol. The second-order valence-corrected chi connectivity index (χ2v) is 4.21. The number of carbonyl (C=O) groups is 2. The van der Waals surface area contributed by atoms with Crippen molar-refractivity contribution in [2.75, 3.05) is 0 Å². The Morgan fingerprint density at radius 1 is 1.45 bits per heavy atom. The van der Waals surface area contributed by atoms with Crippen LogP contribution in [-0.2, 0) is 19.8 Å². The Labute approximate surface area is 121 Å². The van der Waals surface area contributed by atoms with E-state index in [4.69, 9.17) is 10.2 Å². The third-order valence-electron chi connectivity index (χ3n) is 2.61. The van der Waals surface area contributed by atoms with Crippen molar-refractivity contribution in [3.05, 3.63) is 35.3 Å². The highest BCUT2D eigenvalue weighted by Crippen LogP contribution is 2.28. The number of alkyl halides is 3. The van der Waals surface area contributed by atoms with E-state index in [9.17, 15) is 22.8 Å². The predicted molar refractivity (Wildman–Crippen MR) is 64.4 cm³/mol. The van der Waals surface area contributed by atoms with Crippen molar-refractivity contribution < 1.29 is 27.2 Å². The predicted octanol–water partition coefficient (Wildman–Crippen LogP) is 0.456. The number of hydrogen-bond donors (Lipinski definition) is 2. The first-order chi connectivity index (χ1) is 10.2. The molecule has 0 aliphatic heterocycles. The highest BCUT2D eigenvalue weighted by molar-refractivity contribution is 5.92. The first kappa shape index (κ1) is 15.5. The lowest BCUT2D eigenvalue weighted by Gasteiger charge is -2.02. The minimum atomic E-state index is -4.64. The lowest BCUT2D eigenvalue weighted by atomic mass is 10.3. The second kappa shape index (κ2) is 5.50. The van der Waals surface area contributed by atoms with Crippen LogP contribution in [0, 0.1) is 0 Å². The van der Waals surface area contributed by atoms with Crippen molar-refractivity contribution in [2.24, 2.45) is 12.8 Å². The maximum absolute atomic E-state index is 12.5. The number of halogens is 3. The van der Waals surface area contributed by atoms with E-state index in [1.807, 2.05) is 0 Å². The molecule has 0 spiro atoms. The van der Waals surface area contributed by atoms with Gasteiger partial charge in [0.1, 0.15) is 12.0 Å². The summed E-state index contributed by atoms with van der Waals surface area (Å²) in [5.41, 5.74) is 3.39. The molecule has 0 saturated heterocycles. The van der Waals surface area contributed by atoms with Crippen LogP contribution in [0.2, 0.25) is 0 Å². The van der Waals surface area contributed by atoms with Gasteiger partial charge in [0.05, 0.1) is 6.54 Å². The van der Waals surface area contributed by atoms with Gasteiger partial charge in [-0.3, -0.25) is 14.3 Å². The first-order valence-electron chi connectivity index (χ1n) is 5.82. The summed E-state index contributed by atoms with van der Waals surface area (Å²) in [6, 6.07) is 0.625. The Kier molecular flexibility index (Phi) is 3.89. The molecule has 11 heteroatoms. The number of nitrogens with zero attached hydrogens (tertiary/aromatic N) is 3. The van der Waals surface area contributed by atoms with Crippen LogP contribution in [-0.4, -0.2) is 26.6 Å². The van der Waals surface area contributed by atoms with Gasteiger partial charge in [-0.2, -0.15) is 18.3 Å². The summed E-state index contributed by atoms with van der Waals surface area (Å²) >= 11 is 0. The van der Waals surface area contributed by atoms with Crippen LogP contribution in [0.1, 0.15) is 32.6 Å². The van der Waals surface area contributed by atoms with Gasteiger partial charge in [0.15, 0.2) is 11.4 Å². The number of carbonyl (C=O) groups excluding carboxylic acids is 2. The van der Waals surface area contributed by atoms with E-state index in [0.29, 0.717) is 6.07 Å². The first-order valence-corrected chi connectivity index (χ1v) is 5.82. The number of oxazole rings is 1. The molecule has 3 N–H and O–H groups in total. The van der Waals surface area contributed by atoms with E-state index >= 15 is 0 Å². The van der Waals surface area contributed by atoms with Gasteiger partial charge >= 0.3 is 6.18 Å². The molecule has 0 atom stereocenters. The Morgan fingerprint density at radius 2 is 2.14 bits per heavy atom. The molecule has 0 fully saturated rings. The summed E-state index contributed by atoms with van der Waals surface area (Å²) in [7, 11) is 1.21. The van der Waals surface area contributed by atoms with Crippen LogP contribution < -0.4 is 11.1 Å². The molecule has 0 unspecified atom stereocenters. The number of primary amides is 1. The lowest BCUT2D eigenvalue weighted by molar-refractivity contribution is -0.141. The molecule has 2 heterocycles. The molecule has 0 aliphatic rings. The number of amides is 2. The highest BCUT2D eigenvalue weighted by Gasteiger charge is 2.35. The van der Waals surface area contributed by atoms with E-state index in [1.54, 1.807) is 0 Å². The van der Waals surface area contributed by atoms with Crippen LogP contribution in [0.15, 0.2) is 16.7 Å². The number of aryl methyl sites for hydroxylation is 1. The number of nitrogens with one attached hydrogen (secondary N) is 1. The third kappa shape index (κ3) is 3.24. The van der Waals surface area contributed by atoms with Crippen LogP contribution in [0.4, 0.5) is 13.2 Å². The molecule has 22 heavy (non-hydrogen) atoms. The fourth-order valence-corrected chi connectivity index (χ4v) is 1.57. The zero-order valence-electron chi connectivity index (χ0n) is 11.1. The number of aromatic nitrogens is 3. The zero-order valence-corrected chi connectivity index (χ0v) is 11.1. The van der Waals surface area contributed by atoms with Gasteiger partial charge in [-0.05, 0) is 0 Å². The minimum absolute atomic E-state index is 0.0136. The maximum atomic E-state index is 12.5. The van der Waals surface area contributed by atoms with E-state index in [0.717, 1.165) is 10.9 Å². The van der Waals surface area contributed by atoms with Crippen LogP contribution in [0.3, 0.4) is 0 Å². The fraction of sp³-hybridized carbons (Fsp3) is 0.273. The van der Waals surface area contributed by atoms with Crippen LogP contribution >= 0.6 is 0 Å². The normalized spacial score (nSPS) is 11.5. The highest BCUT2D eigenvalue weighted by atomic mass is 19.4. The maximum Gasteiger partial charge on any atom is 0.435 e. The second-order valence-electron chi connectivity index (χ2n) is 4.21. The van der Waals surface area contributed by atoms with Crippen LogP contribution in [0.25, 0.3) is 0 Å². The van der Waals surface area contributed by atoms with E-state index in [1.165, 1.54) is 7.05 Å². The van der Waals surface area contributed by atoms with Crippen molar-refractivity contribution in [1.29, 1.82) is 0 Å². The van der Waals surface area contributed by atoms with Gasteiger partial charge < -0.3 is 15.5 Å². The molecule has 0 bridgehead atoms. The van der Waals surface area contributed by atoms with Crippen molar-refractivity contribution in [3.8, 4) is 0 Å². The summed E-state index contributed by atoms with van der Waals surface area (Å²) in [5, 5.41) is 5.51. The Hall–Kier alpha value is -2.85. The molecule has 0 radical (unpaired) electrons. The standard InChI is InChI=1S/C11H10F3N5O3/c1-19-6(2-7(18-19)11(12,13)14)10(21)16-3-8-17-5(4-22-8)9(15)20/h2,4H,3H2,1H3,(H2,15,20)(H,16,21). The molecule has 2 aromatic heterocycles. The van der Waals surface area contributed by atoms with Gasteiger partial charge in [0.2, 0.25) is 5.89 Å². The van der Waals surface area contributed by atoms with Gasteiger partial charge in [0.25, 0.3) is 11.8 Å². The van der Waals surface area contributed by atoms with Crippen molar-refractivity contribution in [3.63, 3.8) is 0 Å². The smallest absolute Gasteiger partial charge is 0.435 e. The molecule has 118 valence electrons. The van der Waals surface area contributed by atoms with E-state index in [-0.39, 0.29) is 23.8 Å². The van der Waals surface area contributed by atoms with Crippen molar-refractivity contribution in [1.82, 2.24) is 20.1 Å². The van der Waals surface area contributed by atoms with Gasteiger partial charge in [-0.1, -0.05) is 0 Å². The average molecular weight is 317 g/mol. The van der Waals surface area contributed by atoms with Gasteiger partial charge in [-0.15, -0.1) is 0 Å². The average Bonchev–Trinajstić information content (AvgIpc) is 3.01.